The molecule has 2 aromatic rings. The van der Waals surface area contributed by atoms with E-state index >= 15 is 0 Å². The van der Waals surface area contributed by atoms with Crippen molar-refractivity contribution in [3.8, 4) is 17.4 Å². The van der Waals surface area contributed by atoms with E-state index in [0.717, 1.165) is 11.1 Å². The fourth-order valence-corrected chi connectivity index (χ4v) is 1.84. The number of ether oxygens (including phenoxy) is 1. The van der Waals surface area contributed by atoms with Crippen molar-refractivity contribution in [2.45, 2.75) is 13.8 Å². The van der Waals surface area contributed by atoms with E-state index in [2.05, 4.69) is 27.9 Å². The smallest absolute Gasteiger partial charge is 0.297 e. The zero-order valence-electron chi connectivity index (χ0n) is 9.94. The summed E-state index contributed by atoms with van der Waals surface area (Å²) in [7, 11) is 1.54. The molecule has 0 saturated carbocycles. The Morgan fingerprint density at radius 3 is 2.65 bits per heavy atom. The number of H-pyrrole nitrogens is 1. The summed E-state index contributed by atoms with van der Waals surface area (Å²) in [4.78, 5) is 11.2. The molecule has 1 heterocycles. The Hall–Kier alpha value is -1.75. The molecule has 0 spiro atoms. The molecule has 0 amide bonds. The molecule has 0 atom stereocenters. The molecule has 88 valence electrons. The maximum absolute atomic E-state index is 5.05. The number of nitrogens with one attached hydrogen (secondary N) is 1. The van der Waals surface area contributed by atoms with Gasteiger partial charge in [0.2, 0.25) is 4.77 Å². The average molecular weight is 247 g/mol. The summed E-state index contributed by atoms with van der Waals surface area (Å²) in [6.07, 6.45) is 0. The third kappa shape index (κ3) is 2.50. The number of benzene rings is 1. The minimum atomic E-state index is 0.274. The molecule has 1 aromatic carbocycles. The van der Waals surface area contributed by atoms with E-state index in [1.165, 1.54) is 5.56 Å². The molecule has 0 bridgehead atoms. The molecule has 0 fully saturated rings. The molecule has 4 nitrogen and oxygen atoms in total. The van der Waals surface area contributed by atoms with Crippen molar-refractivity contribution in [2.75, 3.05) is 7.11 Å². The molecule has 2 rings (SSSR count). The van der Waals surface area contributed by atoms with Gasteiger partial charge in [0.1, 0.15) is 5.82 Å². The van der Waals surface area contributed by atoms with Crippen LogP contribution in [0.2, 0.25) is 0 Å². The third-order valence-electron chi connectivity index (χ3n) is 2.46. The fourth-order valence-electron chi connectivity index (χ4n) is 1.67. The third-order valence-corrected chi connectivity index (χ3v) is 2.64. The summed E-state index contributed by atoms with van der Waals surface area (Å²) in [6, 6.07) is 6.52. The summed E-state index contributed by atoms with van der Waals surface area (Å²) >= 11 is 5.00. The van der Waals surface area contributed by atoms with E-state index in [1.807, 2.05) is 19.1 Å². The predicted octanol–water partition coefficient (Wildman–Crippen LogP) is 2.83. The second-order valence-electron chi connectivity index (χ2n) is 3.81. The van der Waals surface area contributed by atoms with Gasteiger partial charge in [-0.05, 0) is 31.6 Å². The van der Waals surface area contributed by atoms with E-state index in [0.29, 0.717) is 11.8 Å². The van der Waals surface area contributed by atoms with Gasteiger partial charge in [0, 0.05) is 5.56 Å². The van der Waals surface area contributed by atoms with Crippen LogP contribution in [-0.2, 0) is 0 Å². The van der Waals surface area contributed by atoms with Crippen LogP contribution in [0, 0.1) is 18.6 Å². The summed E-state index contributed by atoms with van der Waals surface area (Å²) in [5.41, 5.74) is 3.35. The van der Waals surface area contributed by atoms with Gasteiger partial charge in [0.15, 0.2) is 0 Å². The van der Waals surface area contributed by atoms with Crippen LogP contribution in [-0.4, -0.2) is 22.1 Å². The Bertz CT molecular complexity index is 607. The Morgan fingerprint density at radius 1 is 1.24 bits per heavy atom. The number of aryl methyl sites for hydroxylation is 2. The maximum Gasteiger partial charge on any atom is 0.297 e. The molecule has 5 heteroatoms. The van der Waals surface area contributed by atoms with Crippen LogP contribution in [0.5, 0.6) is 6.01 Å². The van der Waals surface area contributed by atoms with Crippen LogP contribution in [0.3, 0.4) is 0 Å². The van der Waals surface area contributed by atoms with Crippen molar-refractivity contribution in [1.29, 1.82) is 0 Å². The second kappa shape index (κ2) is 4.63. The van der Waals surface area contributed by atoms with Gasteiger partial charge < -0.3 is 4.74 Å². The minimum absolute atomic E-state index is 0.274. The summed E-state index contributed by atoms with van der Waals surface area (Å²) in [5.74, 6) is 0.680. The molecule has 1 N–H and O–H groups in total. The lowest BCUT2D eigenvalue weighted by Crippen LogP contribution is -1.98. The van der Waals surface area contributed by atoms with Gasteiger partial charge >= 0.3 is 0 Å². The van der Waals surface area contributed by atoms with E-state index in [1.54, 1.807) is 7.11 Å². The highest BCUT2D eigenvalue weighted by molar-refractivity contribution is 7.71. The van der Waals surface area contributed by atoms with Crippen LogP contribution >= 0.6 is 12.2 Å². The van der Waals surface area contributed by atoms with Crippen LogP contribution in [0.1, 0.15) is 11.1 Å². The maximum atomic E-state index is 5.05. The van der Waals surface area contributed by atoms with Crippen molar-refractivity contribution in [3.05, 3.63) is 34.1 Å². The Morgan fingerprint density at radius 2 is 2.00 bits per heavy atom. The number of methoxy groups -OCH3 is 1. The minimum Gasteiger partial charge on any atom is -0.468 e. The highest BCUT2D eigenvalue weighted by Gasteiger charge is 2.06. The molecule has 1 aromatic heterocycles. The van der Waals surface area contributed by atoms with E-state index in [-0.39, 0.29) is 4.77 Å². The van der Waals surface area contributed by atoms with E-state index in [9.17, 15) is 0 Å². The highest BCUT2D eigenvalue weighted by atomic mass is 32.1. The van der Waals surface area contributed by atoms with Gasteiger partial charge in [-0.2, -0.15) is 4.98 Å². The first-order valence-electron chi connectivity index (χ1n) is 5.20. The average Bonchev–Trinajstić information content (AvgIpc) is 2.28. The molecule has 0 aliphatic rings. The van der Waals surface area contributed by atoms with Crippen LogP contribution < -0.4 is 4.74 Å². The van der Waals surface area contributed by atoms with Crippen molar-refractivity contribution in [3.63, 3.8) is 0 Å². The summed E-state index contributed by atoms with van der Waals surface area (Å²) in [6.45, 7) is 4.09. The predicted molar refractivity (Wildman–Crippen MR) is 68.7 cm³/mol. The Balaban J connectivity index is 2.60. The lowest BCUT2D eigenvalue weighted by atomic mass is 10.1. The van der Waals surface area contributed by atoms with E-state index < -0.39 is 0 Å². The molecule has 0 saturated heterocycles. The molecule has 0 aliphatic heterocycles. The number of nitrogens with zero attached hydrogens (tertiary/aromatic N) is 2. The quantitative estimate of drug-likeness (QED) is 0.829. The van der Waals surface area contributed by atoms with Gasteiger partial charge in [-0.25, -0.2) is 4.98 Å². The number of hydrogen-bond donors (Lipinski definition) is 1. The van der Waals surface area contributed by atoms with Crippen molar-refractivity contribution in [1.82, 2.24) is 15.0 Å². The Labute approximate surface area is 105 Å². The number of aromatic nitrogens is 3. The largest absolute Gasteiger partial charge is 0.468 e. The zero-order valence-corrected chi connectivity index (χ0v) is 10.8. The number of rotatable bonds is 2. The van der Waals surface area contributed by atoms with Gasteiger partial charge in [0.05, 0.1) is 7.11 Å². The highest BCUT2D eigenvalue weighted by Crippen LogP contribution is 2.21. The summed E-state index contributed by atoms with van der Waals surface area (Å²) < 4.78 is 5.32. The van der Waals surface area contributed by atoms with Crippen LogP contribution in [0.4, 0.5) is 0 Å². The monoisotopic (exact) mass is 247 g/mol. The first-order chi connectivity index (χ1) is 8.10. The Kier molecular flexibility index (Phi) is 3.19. The zero-order chi connectivity index (χ0) is 12.4. The summed E-state index contributed by atoms with van der Waals surface area (Å²) in [5, 5.41) is 0. The topological polar surface area (TPSA) is 50.8 Å². The number of aromatic amines is 1. The van der Waals surface area contributed by atoms with Gasteiger partial charge in [-0.1, -0.05) is 23.8 Å². The second-order valence-corrected chi connectivity index (χ2v) is 4.17. The molecule has 0 aliphatic carbocycles. The first-order valence-corrected chi connectivity index (χ1v) is 5.61. The lowest BCUT2D eigenvalue weighted by molar-refractivity contribution is 0.378. The van der Waals surface area contributed by atoms with Crippen LogP contribution in [0.15, 0.2) is 18.2 Å². The van der Waals surface area contributed by atoms with Crippen molar-refractivity contribution < 1.29 is 4.74 Å². The normalized spacial score (nSPS) is 10.3. The number of hydrogen-bond acceptors (Lipinski definition) is 4. The van der Waals surface area contributed by atoms with Gasteiger partial charge in [-0.15, -0.1) is 0 Å². The standard InChI is InChI=1S/C12H13N3OS/c1-7-4-5-9(8(2)6-7)10-13-11(16-3)15-12(17)14-10/h4-6H,1-3H3,(H,13,14,15,17). The van der Waals surface area contributed by atoms with E-state index in [4.69, 9.17) is 17.0 Å². The molecule has 0 unspecified atom stereocenters. The molecule has 0 radical (unpaired) electrons. The fraction of sp³-hybridized carbons (Fsp3) is 0.250. The van der Waals surface area contributed by atoms with Gasteiger partial charge in [0.25, 0.3) is 6.01 Å². The van der Waals surface area contributed by atoms with Crippen LogP contribution in [0.25, 0.3) is 11.4 Å². The first kappa shape index (κ1) is 11.7. The lowest BCUT2D eigenvalue weighted by Gasteiger charge is -2.07. The molecule has 17 heavy (non-hydrogen) atoms. The SMILES string of the molecule is COc1nc(=S)nc(-c2ccc(C)cc2C)[nH]1. The molecular formula is C12H13N3OS. The van der Waals surface area contributed by atoms with Gasteiger partial charge in [-0.3, -0.25) is 4.98 Å². The van der Waals surface area contributed by atoms with Crippen molar-refractivity contribution >= 4 is 12.2 Å². The molecular weight excluding hydrogens is 234 g/mol. The van der Waals surface area contributed by atoms with Crippen molar-refractivity contribution in [2.24, 2.45) is 0 Å².